The highest BCUT2D eigenvalue weighted by Crippen LogP contribution is 2.36. The number of halogens is 3. The van der Waals surface area contributed by atoms with Crippen LogP contribution in [0.25, 0.3) is 0 Å². The molecule has 1 N–H and O–H groups in total. The molecule has 1 aromatic rings. The molecule has 3 nitrogen and oxygen atoms in total. The molecule has 0 aliphatic rings. The average Bonchev–Trinajstić information content (AvgIpc) is 2.33. The van der Waals surface area contributed by atoms with Crippen molar-refractivity contribution in [3.8, 4) is 11.8 Å². The van der Waals surface area contributed by atoms with Crippen LogP contribution in [0.4, 0.5) is 13.2 Å². The molecule has 0 spiro atoms. The highest BCUT2D eigenvalue weighted by atomic mass is 19.4. The van der Waals surface area contributed by atoms with E-state index in [0.29, 0.717) is 6.54 Å². The third-order valence-electron chi connectivity index (χ3n) is 2.33. The van der Waals surface area contributed by atoms with E-state index < -0.39 is 11.7 Å². The smallest absolute Gasteiger partial charge is 0.420 e. The zero-order chi connectivity index (χ0) is 14.5. The summed E-state index contributed by atoms with van der Waals surface area (Å²) in [7, 11) is 0. The van der Waals surface area contributed by atoms with Gasteiger partial charge in [0, 0.05) is 12.6 Å². The first-order chi connectivity index (χ1) is 8.84. The molecule has 0 aromatic heterocycles. The molecule has 0 saturated heterocycles. The van der Waals surface area contributed by atoms with Crippen LogP contribution in [-0.4, -0.2) is 19.2 Å². The summed E-state index contributed by atoms with van der Waals surface area (Å²) in [5.74, 6) is -0.253. The van der Waals surface area contributed by atoms with Gasteiger partial charge in [-0.05, 0) is 18.2 Å². The average molecular weight is 272 g/mol. The first kappa shape index (κ1) is 15.3. The lowest BCUT2D eigenvalue weighted by atomic mass is 10.1. The van der Waals surface area contributed by atoms with Gasteiger partial charge in [-0.25, -0.2) is 0 Å². The van der Waals surface area contributed by atoms with E-state index in [1.165, 1.54) is 12.1 Å². The van der Waals surface area contributed by atoms with E-state index in [9.17, 15) is 13.2 Å². The molecule has 19 heavy (non-hydrogen) atoms. The number of nitriles is 1. The summed E-state index contributed by atoms with van der Waals surface area (Å²) < 4.78 is 43.5. The number of rotatable bonds is 5. The lowest BCUT2D eigenvalue weighted by Gasteiger charge is -2.15. The topological polar surface area (TPSA) is 45.0 Å². The molecular weight excluding hydrogens is 257 g/mol. The van der Waals surface area contributed by atoms with Gasteiger partial charge in [0.25, 0.3) is 0 Å². The van der Waals surface area contributed by atoms with Crippen molar-refractivity contribution in [3.63, 3.8) is 0 Å². The maximum atomic E-state index is 12.8. The Hall–Kier alpha value is -1.74. The van der Waals surface area contributed by atoms with Crippen molar-refractivity contribution < 1.29 is 17.9 Å². The summed E-state index contributed by atoms with van der Waals surface area (Å²) >= 11 is 0. The molecule has 104 valence electrons. The van der Waals surface area contributed by atoms with Crippen molar-refractivity contribution in [1.82, 2.24) is 5.32 Å². The van der Waals surface area contributed by atoms with Crippen LogP contribution in [0.2, 0.25) is 0 Å². The number of alkyl halides is 3. The minimum atomic E-state index is -4.53. The Labute approximate surface area is 110 Å². The molecule has 0 aliphatic heterocycles. The summed E-state index contributed by atoms with van der Waals surface area (Å²) in [6, 6.07) is 5.20. The van der Waals surface area contributed by atoms with Gasteiger partial charge in [0.2, 0.25) is 0 Å². The van der Waals surface area contributed by atoms with E-state index >= 15 is 0 Å². The van der Waals surface area contributed by atoms with E-state index in [2.05, 4.69) is 5.32 Å². The van der Waals surface area contributed by atoms with Crippen LogP contribution in [0.15, 0.2) is 18.2 Å². The zero-order valence-electron chi connectivity index (χ0n) is 10.7. The standard InChI is InChI=1S/C13H15F3N2O/c1-9(2)18-5-6-19-12-4-3-10(8-17)7-11(12)13(14,15)16/h3-4,7,9,18H,5-6H2,1-2H3. The van der Waals surface area contributed by atoms with Crippen molar-refractivity contribution >= 4 is 0 Å². The second-order valence-corrected chi connectivity index (χ2v) is 4.28. The lowest BCUT2D eigenvalue weighted by Crippen LogP contribution is -2.27. The van der Waals surface area contributed by atoms with Gasteiger partial charge in [-0.3, -0.25) is 0 Å². The second kappa shape index (κ2) is 6.43. The van der Waals surface area contributed by atoms with Crippen LogP contribution in [0.3, 0.4) is 0 Å². The number of hydrogen-bond acceptors (Lipinski definition) is 3. The lowest BCUT2D eigenvalue weighted by molar-refractivity contribution is -0.138. The highest BCUT2D eigenvalue weighted by molar-refractivity contribution is 5.43. The monoisotopic (exact) mass is 272 g/mol. The van der Waals surface area contributed by atoms with Gasteiger partial charge >= 0.3 is 6.18 Å². The van der Waals surface area contributed by atoms with E-state index in [-0.39, 0.29) is 24.0 Å². The highest BCUT2D eigenvalue weighted by Gasteiger charge is 2.34. The largest absolute Gasteiger partial charge is 0.492 e. The minimum Gasteiger partial charge on any atom is -0.492 e. The normalized spacial score (nSPS) is 11.4. The quantitative estimate of drug-likeness (QED) is 0.838. The van der Waals surface area contributed by atoms with Crippen LogP contribution in [0, 0.1) is 11.3 Å². The van der Waals surface area contributed by atoms with Crippen LogP contribution in [0.1, 0.15) is 25.0 Å². The fourth-order valence-electron chi connectivity index (χ4n) is 1.46. The Kier molecular flexibility index (Phi) is 5.19. The van der Waals surface area contributed by atoms with Gasteiger partial charge in [0.05, 0.1) is 17.2 Å². The Morgan fingerprint density at radius 1 is 1.37 bits per heavy atom. The fourth-order valence-corrected chi connectivity index (χ4v) is 1.46. The predicted molar refractivity (Wildman–Crippen MR) is 64.8 cm³/mol. The molecule has 0 amide bonds. The first-order valence-corrected chi connectivity index (χ1v) is 5.82. The molecule has 1 aromatic carbocycles. The zero-order valence-corrected chi connectivity index (χ0v) is 10.7. The van der Waals surface area contributed by atoms with Crippen LogP contribution in [0.5, 0.6) is 5.75 Å². The summed E-state index contributed by atoms with van der Waals surface area (Å²) in [5, 5.41) is 11.7. The van der Waals surface area contributed by atoms with Crippen LogP contribution < -0.4 is 10.1 Å². The molecule has 1 rings (SSSR count). The van der Waals surface area contributed by atoms with Crippen molar-refractivity contribution in [2.45, 2.75) is 26.1 Å². The Morgan fingerprint density at radius 2 is 2.05 bits per heavy atom. The molecular formula is C13H15F3N2O. The maximum absolute atomic E-state index is 12.8. The SMILES string of the molecule is CC(C)NCCOc1ccc(C#N)cc1C(F)(F)F. The van der Waals surface area contributed by atoms with E-state index in [1.807, 2.05) is 13.8 Å². The maximum Gasteiger partial charge on any atom is 0.420 e. The molecule has 0 bridgehead atoms. The van der Waals surface area contributed by atoms with Gasteiger partial charge in [-0.2, -0.15) is 18.4 Å². The summed E-state index contributed by atoms with van der Waals surface area (Å²) in [6.45, 7) is 4.45. The van der Waals surface area contributed by atoms with E-state index in [1.54, 1.807) is 6.07 Å². The molecule has 0 atom stereocenters. The van der Waals surface area contributed by atoms with Crippen molar-refractivity contribution in [3.05, 3.63) is 29.3 Å². The Bertz CT molecular complexity index is 464. The molecule has 0 fully saturated rings. The van der Waals surface area contributed by atoms with Crippen LogP contribution in [-0.2, 0) is 6.18 Å². The Morgan fingerprint density at radius 3 is 2.58 bits per heavy atom. The van der Waals surface area contributed by atoms with Crippen molar-refractivity contribution in [2.24, 2.45) is 0 Å². The predicted octanol–water partition coefficient (Wildman–Crippen LogP) is 2.95. The first-order valence-electron chi connectivity index (χ1n) is 5.82. The summed E-state index contributed by atoms with van der Waals surface area (Å²) in [4.78, 5) is 0. The van der Waals surface area contributed by atoms with Gasteiger partial charge in [-0.15, -0.1) is 0 Å². The number of hydrogen-bond donors (Lipinski definition) is 1. The summed E-state index contributed by atoms with van der Waals surface area (Å²) in [5.41, 5.74) is -0.962. The van der Waals surface area contributed by atoms with Crippen molar-refractivity contribution in [1.29, 1.82) is 5.26 Å². The van der Waals surface area contributed by atoms with Gasteiger partial charge in [-0.1, -0.05) is 13.8 Å². The fraction of sp³-hybridized carbons (Fsp3) is 0.462. The minimum absolute atomic E-state index is 0.0417. The second-order valence-electron chi connectivity index (χ2n) is 4.28. The molecule has 0 aliphatic carbocycles. The molecule has 6 heteroatoms. The van der Waals surface area contributed by atoms with Gasteiger partial charge in [0.1, 0.15) is 12.4 Å². The summed E-state index contributed by atoms with van der Waals surface area (Å²) in [6.07, 6.45) is -4.53. The Balaban J connectivity index is 2.80. The van der Waals surface area contributed by atoms with E-state index in [0.717, 1.165) is 6.07 Å². The molecule has 0 saturated carbocycles. The van der Waals surface area contributed by atoms with Crippen LogP contribution >= 0.6 is 0 Å². The molecule has 0 unspecified atom stereocenters. The number of ether oxygens (including phenoxy) is 1. The molecule has 0 radical (unpaired) electrons. The third kappa shape index (κ3) is 4.79. The third-order valence-corrected chi connectivity index (χ3v) is 2.33. The molecule has 0 heterocycles. The van der Waals surface area contributed by atoms with E-state index in [4.69, 9.17) is 10.00 Å². The number of nitrogens with one attached hydrogen (secondary N) is 1. The van der Waals surface area contributed by atoms with Gasteiger partial charge in [0.15, 0.2) is 0 Å². The number of nitrogens with zero attached hydrogens (tertiary/aromatic N) is 1. The van der Waals surface area contributed by atoms with Crippen molar-refractivity contribution in [2.75, 3.05) is 13.2 Å². The van der Waals surface area contributed by atoms with Gasteiger partial charge < -0.3 is 10.1 Å². The number of benzene rings is 1.